The molecule has 0 aliphatic carbocycles. The van der Waals surface area contributed by atoms with E-state index in [-0.39, 0.29) is 17.9 Å². The SMILES string of the molecule is CCC1(C(C)CCC(=O)O)C=C2N=CC=C(c3ccc(Cl)cc3Cl)N2N1. The van der Waals surface area contributed by atoms with Crippen LogP contribution in [0.4, 0.5) is 0 Å². The molecule has 0 saturated carbocycles. The lowest BCUT2D eigenvalue weighted by Gasteiger charge is -2.36. The number of carboxylic acids is 1. The van der Waals surface area contributed by atoms with Crippen molar-refractivity contribution >= 4 is 41.1 Å². The van der Waals surface area contributed by atoms with Gasteiger partial charge in [-0.2, -0.15) is 0 Å². The normalized spacial score (nSPS) is 22.7. The average Bonchev–Trinajstić information content (AvgIpc) is 3.00. The highest BCUT2D eigenvalue weighted by Crippen LogP contribution is 2.40. The third-order valence-electron chi connectivity index (χ3n) is 5.08. The van der Waals surface area contributed by atoms with Gasteiger partial charge in [-0.05, 0) is 49.1 Å². The Morgan fingerprint density at radius 3 is 2.85 bits per heavy atom. The minimum Gasteiger partial charge on any atom is -0.481 e. The first-order valence-corrected chi connectivity index (χ1v) is 9.34. The summed E-state index contributed by atoms with van der Waals surface area (Å²) in [5.41, 5.74) is 4.92. The average molecular weight is 394 g/mol. The molecule has 0 bridgehead atoms. The molecule has 26 heavy (non-hydrogen) atoms. The van der Waals surface area contributed by atoms with E-state index in [0.29, 0.717) is 16.5 Å². The number of nitrogens with zero attached hydrogens (tertiary/aromatic N) is 2. The number of allylic oxidation sites excluding steroid dienone is 1. The number of hydrazine groups is 1. The summed E-state index contributed by atoms with van der Waals surface area (Å²) in [4.78, 5) is 15.4. The second kappa shape index (κ2) is 7.43. The Morgan fingerprint density at radius 1 is 1.42 bits per heavy atom. The molecule has 2 atom stereocenters. The Bertz CT molecular complexity index is 819. The molecule has 2 heterocycles. The van der Waals surface area contributed by atoms with Crippen LogP contribution in [-0.2, 0) is 4.79 Å². The second-order valence-corrected chi connectivity index (χ2v) is 7.48. The summed E-state index contributed by atoms with van der Waals surface area (Å²) in [5.74, 6) is 0.134. The molecule has 0 fully saturated rings. The molecular formula is C19H21Cl2N3O2. The molecule has 0 saturated heterocycles. The quantitative estimate of drug-likeness (QED) is 0.732. The molecule has 2 N–H and O–H groups in total. The van der Waals surface area contributed by atoms with Crippen LogP contribution in [0, 0.1) is 5.92 Å². The second-order valence-electron chi connectivity index (χ2n) is 6.63. The van der Waals surface area contributed by atoms with E-state index in [9.17, 15) is 4.79 Å². The number of hydrogen-bond donors (Lipinski definition) is 2. The molecule has 0 amide bonds. The van der Waals surface area contributed by atoms with Gasteiger partial charge in [0.25, 0.3) is 0 Å². The van der Waals surface area contributed by atoms with Crippen LogP contribution in [-0.4, -0.2) is 27.8 Å². The van der Waals surface area contributed by atoms with E-state index in [4.69, 9.17) is 28.3 Å². The van der Waals surface area contributed by atoms with E-state index < -0.39 is 5.97 Å². The first-order chi connectivity index (χ1) is 12.4. The van der Waals surface area contributed by atoms with Gasteiger partial charge in [0, 0.05) is 23.2 Å². The highest BCUT2D eigenvalue weighted by molar-refractivity contribution is 6.35. The summed E-state index contributed by atoms with van der Waals surface area (Å²) in [6, 6.07) is 5.40. The Labute approximate surface area is 163 Å². The molecule has 0 spiro atoms. The highest BCUT2D eigenvalue weighted by Gasteiger charge is 2.42. The van der Waals surface area contributed by atoms with Gasteiger partial charge in [-0.25, -0.2) is 10.4 Å². The molecule has 5 nitrogen and oxygen atoms in total. The first kappa shape index (κ1) is 19.0. The third-order valence-corrected chi connectivity index (χ3v) is 5.63. The fraction of sp³-hybridized carbons (Fsp3) is 0.368. The third kappa shape index (κ3) is 3.52. The molecule has 0 radical (unpaired) electrons. The summed E-state index contributed by atoms with van der Waals surface area (Å²) in [6.07, 6.45) is 7.27. The number of carboxylic acid groups (broad SMARTS) is 1. The molecule has 138 valence electrons. The molecule has 1 aromatic carbocycles. The number of aliphatic carboxylic acids is 1. The van der Waals surface area contributed by atoms with Crippen LogP contribution in [0.2, 0.25) is 10.0 Å². The molecule has 2 unspecified atom stereocenters. The van der Waals surface area contributed by atoms with Crippen molar-refractivity contribution in [3.05, 3.63) is 51.8 Å². The summed E-state index contributed by atoms with van der Waals surface area (Å²) in [6.45, 7) is 4.15. The molecule has 2 aliphatic rings. The zero-order valence-electron chi connectivity index (χ0n) is 14.7. The van der Waals surface area contributed by atoms with Gasteiger partial charge in [-0.1, -0.05) is 37.0 Å². The van der Waals surface area contributed by atoms with Crippen molar-refractivity contribution in [2.75, 3.05) is 0 Å². The van der Waals surface area contributed by atoms with E-state index >= 15 is 0 Å². The van der Waals surface area contributed by atoms with E-state index in [1.165, 1.54) is 0 Å². The molecular weight excluding hydrogens is 373 g/mol. The maximum atomic E-state index is 11.0. The maximum absolute atomic E-state index is 11.0. The lowest BCUT2D eigenvalue weighted by molar-refractivity contribution is -0.137. The monoisotopic (exact) mass is 393 g/mol. The van der Waals surface area contributed by atoms with Crippen molar-refractivity contribution < 1.29 is 9.90 Å². The predicted molar refractivity (Wildman–Crippen MR) is 105 cm³/mol. The van der Waals surface area contributed by atoms with Gasteiger partial charge < -0.3 is 5.11 Å². The number of benzene rings is 1. The van der Waals surface area contributed by atoms with Crippen LogP contribution in [0.15, 0.2) is 41.2 Å². The minimum atomic E-state index is -0.780. The predicted octanol–water partition coefficient (Wildman–Crippen LogP) is 4.73. The Balaban J connectivity index is 1.90. The van der Waals surface area contributed by atoms with Gasteiger partial charge in [0.05, 0.1) is 16.3 Å². The topological polar surface area (TPSA) is 64.9 Å². The number of carbonyl (C=O) groups is 1. The van der Waals surface area contributed by atoms with Crippen molar-refractivity contribution in [3.8, 4) is 0 Å². The van der Waals surface area contributed by atoms with Gasteiger partial charge in [0.15, 0.2) is 0 Å². The number of fused-ring (bicyclic) bond motifs is 1. The minimum absolute atomic E-state index is 0.124. The van der Waals surface area contributed by atoms with Gasteiger partial charge in [-0.3, -0.25) is 9.80 Å². The van der Waals surface area contributed by atoms with Gasteiger partial charge in [0.2, 0.25) is 0 Å². The lowest BCUT2D eigenvalue weighted by Crippen LogP contribution is -2.50. The summed E-state index contributed by atoms with van der Waals surface area (Å²) in [7, 11) is 0. The lowest BCUT2D eigenvalue weighted by atomic mass is 9.81. The van der Waals surface area contributed by atoms with Crippen molar-refractivity contribution in [1.82, 2.24) is 10.4 Å². The van der Waals surface area contributed by atoms with Crippen LogP contribution in [0.5, 0.6) is 0 Å². The van der Waals surface area contributed by atoms with Crippen LogP contribution >= 0.6 is 23.2 Å². The fourth-order valence-electron chi connectivity index (χ4n) is 3.42. The van der Waals surface area contributed by atoms with Crippen molar-refractivity contribution in [3.63, 3.8) is 0 Å². The molecule has 2 aliphatic heterocycles. The largest absolute Gasteiger partial charge is 0.481 e. The van der Waals surface area contributed by atoms with Crippen molar-refractivity contribution in [2.24, 2.45) is 10.9 Å². The smallest absolute Gasteiger partial charge is 0.303 e. The van der Waals surface area contributed by atoms with E-state index in [1.54, 1.807) is 18.3 Å². The Morgan fingerprint density at radius 2 is 2.19 bits per heavy atom. The van der Waals surface area contributed by atoms with Crippen molar-refractivity contribution in [1.29, 1.82) is 0 Å². The van der Waals surface area contributed by atoms with E-state index in [2.05, 4.69) is 30.3 Å². The number of nitrogens with one attached hydrogen (secondary N) is 1. The van der Waals surface area contributed by atoms with Crippen LogP contribution in [0.1, 0.15) is 38.7 Å². The van der Waals surface area contributed by atoms with E-state index in [0.717, 1.165) is 23.5 Å². The van der Waals surface area contributed by atoms with Gasteiger partial charge in [-0.15, -0.1) is 0 Å². The van der Waals surface area contributed by atoms with Crippen LogP contribution in [0.3, 0.4) is 0 Å². The summed E-state index contributed by atoms with van der Waals surface area (Å²) < 4.78 is 0. The van der Waals surface area contributed by atoms with Gasteiger partial charge in [0.1, 0.15) is 5.82 Å². The van der Waals surface area contributed by atoms with Crippen LogP contribution in [0.25, 0.3) is 5.70 Å². The van der Waals surface area contributed by atoms with Crippen molar-refractivity contribution in [2.45, 2.75) is 38.6 Å². The van der Waals surface area contributed by atoms with E-state index in [1.807, 2.05) is 17.2 Å². The zero-order chi connectivity index (χ0) is 18.9. The highest BCUT2D eigenvalue weighted by atomic mass is 35.5. The molecule has 0 aromatic heterocycles. The Kier molecular flexibility index (Phi) is 5.42. The summed E-state index contributed by atoms with van der Waals surface area (Å²) in [5, 5.41) is 12.1. The van der Waals surface area contributed by atoms with Gasteiger partial charge >= 0.3 is 5.97 Å². The molecule has 7 heteroatoms. The number of halogens is 2. The number of rotatable bonds is 6. The number of aliphatic imine (C=N–C) groups is 1. The maximum Gasteiger partial charge on any atom is 0.303 e. The molecule has 3 rings (SSSR count). The van der Waals surface area contributed by atoms with Crippen LogP contribution < -0.4 is 5.43 Å². The molecule has 1 aromatic rings. The standard InChI is InChI=1S/C19H21Cl2N3O2/c1-3-19(12(2)4-7-18(25)26)11-17-22-9-8-16(24(17)23-19)14-6-5-13(20)10-15(14)21/h5-6,8-12,23H,3-4,7H2,1-2H3,(H,25,26). The number of hydrogen-bond acceptors (Lipinski definition) is 4. The summed E-state index contributed by atoms with van der Waals surface area (Å²) >= 11 is 12.4. The first-order valence-electron chi connectivity index (χ1n) is 8.58. The zero-order valence-corrected chi connectivity index (χ0v) is 16.2. The Hall–Kier alpha value is -1.82. The fourth-order valence-corrected chi connectivity index (χ4v) is 3.92.